The van der Waals surface area contributed by atoms with Crippen LogP contribution in [0, 0.1) is 0 Å². The summed E-state index contributed by atoms with van der Waals surface area (Å²) in [6.07, 6.45) is -0.797. The van der Waals surface area contributed by atoms with Crippen molar-refractivity contribution in [3.05, 3.63) is 29.6 Å². The average Bonchev–Trinajstić information content (AvgIpc) is 2.39. The van der Waals surface area contributed by atoms with Crippen molar-refractivity contribution in [3.63, 3.8) is 0 Å². The number of ether oxygens (including phenoxy) is 1. The van der Waals surface area contributed by atoms with Gasteiger partial charge in [-0.05, 0) is 25.3 Å². The maximum Gasteiger partial charge on any atom is 0.416 e. The van der Waals surface area contributed by atoms with Crippen molar-refractivity contribution < 1.29 is 23.0 Å². The van der Waals surface area contributed by atoms with Gasteiger partial charge in [0.2, 0.25) is 0 Å². The van der Waals surface area contributed by atoms with Crippen LogP contribution in [0.1, 0.15) is 42.9 Å². The molecule has 2 unspecified atom stereocenters. The van der Waals surface area contributed by atoms with Crippen LogP contribution < -0.4 is 0 Å². The van der Waals surface area contributed by atoms with Gasteiger partial charge in [0, 0.05) is 31.0 Å². The summed E-state index contributed by atoms with van der Waals surface area (Å²) in [6, 6.07) is 0.889. The van der Waals surface area contributed by atoms with Crippen LogP contribution in [0.15, 0.2) is 18.5 Å². The molecule has 106 valence electrons. The molecule has 0 saturated carbocycles. The predicted octanol–water partition coefficient (Wildman–Crippen LogP) is 3.09. The van der Waals surface area contributed by atoms with Crippen molar-refractivity contribution in [3.8, 4) is 0 Å². The maximum absolute atomic E-state index is 12.8. The van der Waals surface area contributed by atoms with Crippen LogP contribution in [0.2, 0.25) is 0 Å². The van der Waals surface area contributed by atoms with Crippen molar-refractivity contribution in [2.45, 2.75) is 44.1 Å². The second-order valence-electron chi connectivity index (χ2n) is 4.70. The Labute approximate surface area is 109 Å². The first kappa shape index (κ1) is 14.3. The molecule has 2 atom stereocenters. The molecule has 2 heterocycles. The molecule has 0 amide bonds. The summed E-state index contributed by atoms with van der Waals surface area (Å²) in [7, 11) is 0. The van der Waals surface area contributed by atoms with Crippen LogP contribution in [-0.4, -0.2) is 22.8 Å². The van der Waals surface area contributed by atoms with E-state index in [1.807, 2.05) is 0 Å². The van der Waals surface area contributed by atoms with Crippen molar-refractivity contribution in [2.24, 2.45) is 0 Å². The summed E-state index contributed by atoms with van der Waals surface area (Å²) in [5, 5.41) is 10.00. The Hall–Kier alpha value is -1.14. The molecule has 1 aromatic rings. The SMILES string of the molecule is OC(CC1CCCCO1)c1cnccc1C(F)(F)F. The number of hydrogen-bond acceptors (Lipinski definition) is 3. The van der Waals surface area contributed by atoms with Gasteiger partial charge in [0.15, 0.2) is 0 Å². The van der Waals surface area contributed by atoms with Crippen LogP contribution in [0.5, 0.6) is 0 Å². The molecule has 19 heavy (non-hydrogen) atoms. The number of hydrogen-bond donors (Lipinski definition) is 1. The highest BCUT2D eigenvalue weighted by atomic mass is 19.4. The van der Waals surface area contributed by atoms with Gasteiger partial charge in [-0.3, -0.25) is 4.98 Å². The summed E-state index contributed by atoms with van der Waals surface area (Å²) in [5.74, 6) is 0. The van der Waals surface area contributed by atoms with E-state index in [2.05, 4.69) is 4.98 Å². The third-order valence-corrected chi connectivity index (χ3v) is 3.28. The molecule has 6 heteroatoms. The molecular formula is C13H16F3NO2. The first-order valence-electron chi connectivity index (χ1n) is 6.29. The van der Waals surface area contributed by atoms with E-state index >= 15 is 0 Å². The third-order valence-electron chi connectivity index (χ3n) is 3.28. The van der Waals surface area contributed by atoms with E-state index in [4.69, 9.17) is 4.74 Å². The maximum atomic E-state index is 12.8. The number of pyridine rings is 1. The first-order chi connectivity index (χ1) is 8.98. The Morgan fingerprint density at radius 3 is 2.84 bits per heavy atom. The standard InChI is InChI=1S/C13H16F3NO2/c14-13(15,16)11-4-5-17-8-10(11)12(18)7-9-3-1-2-6-19-9/h4-5,8-9,12,18H,1-3,6-7H2. The van der Waals surface area contributed by atoms with Gasteiger partial charge in [-0.1, -0.05) is 0 Å². The number of aliphatic hydroxyl groups is 1. The molecule has 1 N–H and O–H groups in total. The fourth-order valence-corrected chi connectivity index (χ4v) is 2.30. The van der Waals surface area contributed by atoms with Gasteiger partial charge in [0.25, 0.3) is 0 Å². The summed E-state index contributed by atoms with van der Waals surface area (Å²) in [6.45, 7) is 0.608. The number of nitrogens with zero attached hydrogens (tertiary/aromatic N) is 1. The topological polar surface area (TPSA) is 42.4 Å². The lowest BCUT2D eigenvalue weighted by Gasteiger charge is -2.25. The molecule has 0 spiro atoms. The minimum absolute atomic E-state index is 0.175. The Bertz CT molecular complexity index is 417. The monoisotopic (exact) mass is 275 g/mol. The molecule has 0 bridgehead atoms. The Kier molecular flexibility index (Phi) is 4.42. The fraction of sp³-hybridized carbons (Fsp3) is 0.615. The fourth-order valence-electron chi connectivity index (χ4n) is 2.30. The summed E-state index contributed by atoms with van der Waals surface area (Å²) < 4.78 is 43.9. The lowest BCUT2D eigenvalue weighted by molar-refractivity contribution is -0.139. The molecular weight excluding hydrogens is 259 g/mol. The number of halogens is 3. The van der Waals surface area contributed by atoms with E-state index in [0.29, 0.717) is 6.61 Å². The highest BCUT2D eigenvalue weighted by Crippen LogP contribution is 2.35. The molecule has 0 aromatic carbocycles. The molecule has 1 saturated heterocycles. The normalized spacial score (nSPS) is 22.2. The van der Waals surface area contributed by atoms with E-state index in [9.17, 15) is 18.3 Å². The predicted molar refractivity (Wildman–Crippen MR) is 62.4 cm³/mol. The highest BCUT2D eigenvalue weighted by molar-refractivity contribution is 5.28. The molecule has 2 rings (SSSR count). The van der Waals surface area contributed by atoms with E-state index in [1.165, 1.54) is 0 Å². The zero-order valence-corrected chi connectivity index (χ0v) is 10.4. The Morgan fingerprint density at radius 1 is 1.42 bits per heavy atom. The number of rotatable bonds is 3. The van der Waals surface area contributed by atoms with Gasteiger partial charge in [-0.25, -0.2) is 0 Å². The zero-order valence-electron chi connectivity index (χ0n) is 10.4. The van der Waals surface area contributed by atoms with E-state index in [1.54, 1.807) is 0 Å². The first-order valence-corrected chi connectivity index (χ1v) is 6.29. The molecule has 1 aliphatic rings. The largest absolute Gasteiger partial charge is 0.416 e. The van der Waals surface area contributed by atoms with E-state index in [-0.39, 0.29) is 18.1 Å². The molecule has 1 fully saturated rings. The smallest absolute Gasteiger partial charge is 0.388 e. The van der Waals surface area contributed by atoms with Crippen LogP contribution >= 0.6 is 0 Å². The summed E-state index contributed by atoms with van der Waals surface area (Å²) >= 11 is 0. The molecule has 3 nitrogen and oxygen atoms in total. The highest BCUT2D eigenvalue weighted by Gasteiger charge is 2.35. The number of alkyl halides is 3. The minimum atomic E-state index is -4.48. The molecule has 1 aromatic heterocycles. The van der Waals surface area contributed by atoms with E-state index < -0.39 is 17.8 Å². The second kappa shape index (κ2) is 5.88. The van der Waals surface area contributed by atoms with E-state index in [0.717, 1.165) is 37.7 Å². The number of aliphatic hydroxyl groups excluding tert-OH is 1. The van der Waals surface area contributed by atoms with Gasteiger partial charge >= 0.3 is 6.18 Å². The van der Waals surface area contributed by atoms with Gasteiger partial charge in [0.05, 0.1) is 17.8 Å². The average molecular weight is 275 g/mol. The van der Waals surface area contributed by atoms with Crippen LogP contribution in [0.3, 0.4) is 0 Å². The Morgan fingerprint density at radius 2 is 2.21 bits per heavy atom. The van der Waals surface area contributed by atoms with Gasteiger partial charge in [-0.2, -0.15) is 13.2 Å². The van der Waals surface area contributed by atoms with Gasteiger partial charge < -0.3 is 9.84 Å². The molecule has 0 aliphatic carbocycles. The van der Waals surface area contributed by atoms with Crippen LogP contribution in [0.25, 0.3) is 0 Å². The van der Waals surface area contributed by atoms with Crippen LogP contribution in [0.4, 0.5) is 13.2 Å². The van der Waals surface area contributed by atoms with Crippen molar-refractivity contribution >= 4 is 0 Å². The second-order valence-corrected chi connectivity index (χ2v) is 4.70. The van der Waals surface area contributed by atoms with Crippen LogP contribution in [-0.2, 0) is 10.9 Å². The number of aromatic nitrogens is 1. The van der Waals surface area contributed by atoms with Crippen molar-refractivity contribution in [1.82, 2.24) is 4.98 Å². The summed E-state index contributed by atoms with van der Waals surface area (Å²) in [4.78, 5) is 3.67. The lowest BCUT2D eigenvalue weighted by atomic mass is 9.97. The quantitative estimate of drug-likeness (QED) is 0.921. The van der Waals surface area contributed by atoms with Crippen molar-refractivity contribution in [2.75, 3.05) is 6.61 Å². The molecule has 1 aliphatic heterocycles. The zero-order chi connectivity index (χ0) is 13.9. The minimum Gasteiger partial charge on any atom is -0.388 e. The third kappa shape index (κ3) is 3.67. The summed E-state index contributed by atoms with van der Waals surface area (Å²) in [5.41, 5.74) is -1.00. The lowest BCUT2D eigenvalue weighted by Crippen LogP contribution is -2.23. The van der Waals surface area contributed by atoms with Gasteiger partial charge in [0.1, 0.15) is 0 Å². The Balaban J connectivity index is 2.12. The molecule has 0 radical (unpaired) electrons. The van der Waals surface area contributed by atoms with Crippen molar-refractivity contribution in [1.29, 1.82) is 0 Å². The van der Waals surface area contributed by atoms with Gasteiger partial charge in [-0.15, -0.1) is 0 Å².